The molecular weight excluding hydrogens is 364 g/mol. The maximum atomic E-state index is 12.2. The van der Waals surface area contributed by atoms with Crippen LogP contribution >= 0.6 is 0 Å². The topological polar surface area (TPSA) is 59.4 Å². The Kier molecular flexibility index (Phi) is 8.11. The van der Waals surface area contributed by atoms with Crippen LogP contribution in [0.4, 0.5) is 4.79 Å². The van der Waals surface area contributed by atoms with E-state index in [0.717, 1.165) is 57.3 Å². The number of nitrogens with zero attached hydrogens (tertiary/aromatic N) is 3. The van der Waals surface area contributed by atoms with Crippen LogP contribution in [0.1, 0.15) is 62.2 Å². The number of carbonyl (C=O) groups excluding carboxylic acids is 1. The summed E-state index contributed by atoms with van der Waals surface area (Å²) in [7, 11) is 2.03. The standard InChI is InChI=1S/C23H34N4O2/c1-3-4-18-29-23(28)25-21(19-8-6-5-7-9-19)13-17-27-15-11-20(12-16-27)22-10-14-24-26(22)2/h5-10,14,20-21H,3-4,11-13,15-18H2,1-2H3,(H,25,28). The van der Waals surface area contributed by atoms with E-state index in [1.54, 1.807) is 0 Å². The van der Waals surface area contributed by atoms with Gasteiger partial charge in [-0.05, 0) is 50.4 Å². The molecule has 1 aliphatic heterocycles. The molecule has 1 amide bonds. The molecule has 1 aliphatic rings. The quantitative estimate of drug-likeness (QED) is 0.641. The van der Waals surface area contributed by atoms with Crippen molar-refractivity contribution in [2.75, 3.05) is 26.2 Å². The van der Waals surface area contributed by atoms with Gasteiger partial charge in [0.2, 0.25) is 0 Å². The number of alkyl carbamates (subject to hydrolysis) is 1. The van der Waals surface area contributed by atoms with E-state index in [9.17, 15) is 4.79 Å². The van der Waals surface area contributed by atoms with Crippen molar-refractivity contribution in [1.82, 2.24) is 20.0 Å². The number of hydrogen-bond donors (Lipinski definition) is 1. The summed E-state index contributed by atoms with van der Waals surface area (Å²) in [6.45, 7) is 5.69. The number of nitrogens with one attached hydrogen (secondary N) is 1. The molecule has 1 aromatic carbocycles. The van der Waals surface area contributed by atoms with Gasteiger partial charge in [-0.1, -0.05) is 43.7 Å². The van der Waals surface area contributed by atoms with Gasteiger partial charge < -0.3 is 15.0 Å². The summed E-state index contributed by atoms with van der Waals surface area (Å²) >= 11 is 0. The number of rotatable bonds is 9. The number of aryl methyl sites for hydroxylation is 1. The second-order valence-electron chi connectivity index (χ2n) is 7.88. The molecule has 0 saturated carbocycles. The predicted octanol–water partition coefficient (Wildman–Crippen LogP) is 4.26. The number of ether oxygens (including phenoxy) is 1. The van der Waals surface area contributed by atoms with Crippen molar-refractivity contribution in [2.24, 2.45) is 7.05 Å². The van der Waals surface area contributed by atoms with Gasteiger partial charge >= 0.3 is 6.09 Å². The number of unbranched alkanes of at least 4 members (excludes halogenated alkanes) is 1. The van der Waals surface area contributed by atoms with Crippen LogP contribution in [0.2, 0.25) is 0 Å². The first-order valence-corrected chi connectivity index (χ1v) is 10.9. The number of benzene rings is 1. The van der Waals surface area contributed by atoms with Crippen molar-refractivity contribution in [3.05, 3.63) is 53.9 Å². The molecule has 1 aromatic heterocycles. The summed E-state index contributed by atoms with van der Waals surface area (Å²) in [5.41, 5.74) is 2.47. The fourth-order valence-electron chi connectivity index (χ4n) is 4.05. The Morgan fingerprint density at radius 3 is 2.66 bits per heavy atom. The van der Waals surface area contributed by atoms with E-state index in [0.29, 0.717) is 12.5 Å². The third-order valence-corrected chi connectivity index (χ3v) is 5.82. The molecule has 0 aliphatic carbocycles. The minimum absolute atomic E-state index is 0.0277. The Hall–Kier alpha value is -2.34. The minimum atomic E-state index is -0.317. The molecule has 2 aromatic rings. The molecule has 29 heavy (non-hydrogen) atoms. The minimum Gasteiger partial charge on any atom is -0.450 e. The molecule has 0 bridgehead atoms. The Morgan fingerprint density at radius 2 is 2.00 bits per heavy atom. The number of hydrogen-bond acceptors (Lipinski definition) is 4. The molecule has 6 heteroatoms. The van der Waals surface area contributed by atoms with Gasteiger partial charge in [-0.2, -0.15) is 5.10 Å². The van der Waals surface area contributed by atoms with E-state index < -0.39 is 0 Å². The fourth-order valence-corrected chi connectivity index (χ4v) is 4.05. The van der Waals surface area contributed by atoms with Crippen LogP contribution in [0, 0.1) is 0 Å². The second-order valence-corrected chi connectivity index (χ2v) is 7.88. The summed E-state index contributed by atoms with van der Waals surface area (Å²) in [4.78, 5) is 14.7. The molecule has 1 saturated heterocycles. The lowest BCUT2D eigenvalue weighted by Crippen LogP contribution is -2.37. The van der Waals surface area contributed by atoms with Gasteiger partial charge in [0.1, 0.15) is 0 Å². The largest absolute Gasteiger partial charge is 0.450 e. The van der Waals surface area contributed by atoms with Gasteiger partial charge in [-0.25, -0.2) is 4.79 Å². The first-order valence-electron chi connectivity index (χ1n) is 10.9. The first-order chi connectivity index (χ1) is 14.2. The van der Waals surface area contributed by atoms with Gasteiger partial charge in [0.05, 0.1) is 12.6 Å². The molecule has 0 spiro atoms. The summed E-state index contributed by atoms with van der Waals surface area (Å²) in [5.74, 6) is 0.593. The fraction of sp³-hybridized carbons (Fsp3) is 0.565. The van der Waals surface area contributed by atoms with Crippen LogP contribution in [-0.2, 0) is 11.8 Å². The van der Waals surface area contributed by atoms with E-state index in [-0.39, 0.29) is 12.1 Å². The molecule has 3 rings (SSSR count). The maximum Gasteiger partial charge on any atom is 0.407 e. The number of amides is 1. The van der Waals surface area contributed by atoms with Crippen LogP contribution in [0.25, 0.3) is 0 Å². The van der Waals surface area contributed by atoms with Gasteiger partial charge in [0, 0.05) is 31.4 Å². The zero-order valence-electron chi connectivity index (χ0n) is 17.7. The molecule has 1 unspecified atom stereocenters. The van der Waals surface area contributed by atoms with Crippen LogP contribution in [0.3, 0.4) is 0 Å². The van der Waals surface area contributed by atoms with Crippen molar-refractivity contribution in [2.45, 2.75) is 51.0 Å². The zero-order chi connectivity index (χ0) is 20.5. The Morgan fingerprint density at radius 1 is 1.24 bits per heavy atom. The predicted molar refractivity (Wildman–Crippen MR) is 115 cm³/mol. The summed E-state index contributed by atoms with van der Waals surface area (Å²) in [6, 6.07) is 12.3. The maximum absolute atomic E-state index is 12.2. The number of piperidine rings is 1. The normalized spacial score (nSPS) is 16.5. The molecule has 0 radical (unpaired) electrons. The van der Waals surface area contributed by atoms with Gasteiger partial charge in [-0.15, -0.1) is 0 Å². The number of carbonyl (C=O) groups is 1. The van der Waals surface area contributed by atoms with E-state index in [1.165, 1.54) is 5.69 Å². The Balaban J connectivity index is 1.51. The molecule has 2 heterocycles. The molecular formula is C23H34N4O2. The zero-order valence-corrected chi connectivity index (χ0v) is 17.7. The SMILES string of the molecule is CCCCOC(=O)NC(CCN1CCC(c2ccnn2C)CC1)c1ccccc1. The van der Waals surface area contributed by atoms with Crippen LogP contribution in [-0.4, -0.2) is 47.0 Å². The van der Waals surface area contributed by atoms with Crippen molar-refractivity contribution in [3.8, 4) is 0 Å². The van der Waals surface area contributed by atoms with Gasteiger partial charge in [0.15, 0.2) is 0 Å². The van der Waals surface area contributed by atoms with Crippen molar-refractivity contribution >= 4 is 6.09 Å². The van der Waals surface area contributed by atoms with E-state index in [4.69, 9.17) is 4.74 Å². The van der Waals surface area contributed by atoms with E-state index in [1.807, 2.05) is 36.1 Å². The number of aromatic nitrogens is 2. The Labute approximate surface area is 174 Å². The average Bonchev–Trinajstić information content (AvgIpc) is 3.18. The van der Waals surface area contributed by atoms with Crippen LogP contribution in [0.15, 0.2) is 42.6 Å². The first kappa shape index (κ1) is 21.4. The highest BCUT2D eigenvalue weighted by Gasteiger charge is 2.24. The van der Waals surface area contributed by atoms with Crippen LogP contribution in [0.5, 0.6) is 0 Å². The van der Waals surface area contributed by atoms with Gasteiger partial charge in [-0.3, -0.25) is 4.68 Å². The van der Waals surface area contributed by atoms with Crippen molar-refractivity contribution in [3.63, 3.8) is 0 Å². The third kappa shape index (κ3) is 6.32. The highest BCUT2D eigenvalue weighted by molar-refractivity contribution is 5.67. The third-order valence-electron chi connectivity index (χ3n) is 5.82. The second kappa shape index (κ2) is 11.0. The monoisotopic (exact) mass is 398 g/mol. The lowest BCUT2D eigenvalue weighted by atomic mass is 9.93. The summed E-state index contributed by atoms with van der Waals surface area (Å²) in [6.07, 6.45) is 6.67. The van der Waals surface area contributed by atoms with E-state index >= 15 is 0 Å². The van der Waals surface area contributed by atoms with Crippen molar-refractivity contribution in [1.29, 1.82) is 0 Å². The van der Waals surface area contributed by atoms with E-state index in [2.05, 4.69) is 40.4 Å². The molecule has 1 atom stereocenters. The summed E-state index contributed by atoms with van der Waals surface area (Å²) < 4.78 is 7.32. The molecule has 1 fully saturated rings. The summed E-state index contributed by atoms with van der Waals surface area (Å²) in [5, 5.41) is 7.38. The van der Waals surface area contributed by atoms with Crippen molar-refractivity contribution < 1.29 is 9.53 Å². The highest BCUT2D eigenvalue weighted by Crippen LogP contribution is 2.28. The lowest BCUT2D eigenvalue weighted by molar-refractivity contribution is 0.137. The highest BCUT2D eigenvalue weighted by atomic mass is 16.5. The number of likely N-dealkylation sites (tertiary alicyclic amines) is 1. The molecule has 6 nitrogen and oxygen atoms in total. The lowest BCUT2D eigenvalue weighted by Gasteiger charge is -2.33. The molecule has 158 valence electrons. The smallest absolute Gasteiger partial charge is 0.407 e. The van der Waals surface area contributed by atoms with Gasteiger partial charge in [0.25, 0.3) is 0 Å². The van der Waals surface area contributed by atoms with Crippen LogP contribution < -0.4 is 5.32 Å². The Bertz CT molecular complexity index is 738. The molecule has 1 N–H and O–H groups in total. The average molecular weight is 399 g/mol.